The molecule has 0 spiro atoms. The molecule has 1 heteroatoms. The molecule has 2 aliphatic carbocycles. The van der Waals surface area contributed by atoms with Crippen molar-refractivity contribution in [2.45, 2.75) is 31.6 Å². The van der Waals surface area contributed by atoms with Crippen LogP contribution < -0.4 is 4.90 Å². The van der Waals surface area contributed by atoms with E-state index >= 15 is 0 Å². The van der Waals surface area contributed by atoms with Gasteiger partial charge in [0.2, 0.25) is 0 Å². The van der Waals surface area contributed by atoms with Gasteiger partial charge in [-0.3, -0.25) is 0 Å². The molecular formula is C65H49N. The van der Waals surface area contributed by atoms with E-state index in [2.05, 4.69) is 268 Å². The largest absolute Gasteiger partial charge is 0.310 e. The predicted molar refractivity (Wildman–Crippen MR) is 278 cm³/mol. The molecule has 0 saturated heterocycles. The molecule has 0 radical (unpaired) electrons. The standard InChI is InChI=1S/C65H49N/c1-64(2)59-34-17-14-30-55(59)58-33-20-32-50(63(58)64)45-37-39-47(40-38-45)66(48-41-42-56-54-29-15-18-35-60(54)65(3,61(56)43-48)46-23-8-5-9-24-46)62-36-19-16-31-57(62)53-28-13-12-27-52(53)51-26-11-10-25-49(51)44-21-6-4-7-22-44/h4-43H,1-3H3. The van der Waals surface area contributed by atoms with E-state index in [0.717, 1.165) is 22.6 Å². The van der Waals surface area contributed by atoms with Gasteiger partial charge in [0.15, 0.2) is 0 Å². The first-order valence-corrected chi connectivity index (χ1v) is 23.2. The van der Waals surface area contributed by atoms with Crippen molar-refractivity contribution in [3.05, 3.63) is 270 Å². The summed E-state index contributed by atoms with van der Waals surface area (Å²) in [5.74, 6) is 0. The minimum Gasteiger partial charge on any atom is -0.310 e. The lowest BCUT2D eigenvalue weighted by Crippen LogP contribution is -2.22. The Balaban J connectivity index is 1.06. The van der Waals surface area contributed by atoms with Crippen LogP contribution in [0.4, 0.5) is 17.1 Å². The van der Waals surface area contributed by atoms with Crippen molar-refractivity contribution in [1.82, 2.24) is 0 Å². The molecular weight excluding hydrogens is 795 g/mol. The van der Waals surface area contributed by atoms with Crippen molar-refractivity contribution in [3.8, 4) is 66.8 Å². The molecule has 0 saturated carbocycles. The lowest BCUT2D eigenvalue weighted by Gasteiger charge is -2.32. The summed E-state index contributed by atoms with van der Waals surface area (Å²) in [6, 6.07) is 89.7. The molecule has 66 heavy (non-hydrogen) atoms. The number of fused-ring (bicyclic) bond motifs is 6. The molecule has 12 rings (SSSR count). The van der Waals surface area contributed by atoms with Gasteiger partial charge in [0.1, 0.15) is 0 Å². The zero-order chi connectivity index (χ0) is 44.4. The fourth-order valence-corrected chi connectivity index (χ4v) is 11.4. The van der Waals surface area contributed by atoms with Crippen LogP contribution in [0.2, 0.25) is 0 Å². The summed E-state index contributed by atoms with van der Waals surface area (Å²) in [5, 5.41) is 0. The molecule has 10 aromatic rings. The SMILES string of the molecule is CC1(C)c2ccccc2-c2cccc(-c3ccc(N(c4ccc5c(c4)C(C)(c4ccccc4)c4ccccc4-5)c4ccccc4-c4ccccc4-c4ccccc4-c4ccccc4)cc3)c21. The van der Waals surface area contributed by atoms with E-state index in [9.17, 15) is 0 Å². The lowest BCUT2D eigenvalue weighted by molar-refractivity contribution is 0.662. The summed E-state index contributed by atoms with van der Waals surface area (Å²) < 4.78 is 0. The van der Waals surface area contributed by atoms with Crippen LogP contribution in [0.5, 0.6) is 0 Å². The molecule has 1 unspecified atom stereocenters. The van der Waals surface area contributed by atoms with Crippen molar-refractivity contribution in [1.29, 1.82) is 0 Å². The van der Waals surface area contributed by atoms with E-state index in [1.54, 1.807) is 0 Å². The number of benzene rings is 10. The van der Waals surface area contributed by atoms with Crippen LogP contribution in [-0.2, 0) is 10.8 Å². The quantitative estimate of drug-likeness (QED) is 0.147. The first-order valence-electron chi connectivity index (χ1n) is 23.2. The second kappa shape index (κ2) is 15.6. The van der Waals surface area contributed by atoms with E-state index in [4.69, 9.17) is 0 Å². The van der Waals surface area contributed by atoms with Gasteiger partial charge in [-0.1, -0.05) is 226 Å². The number of rotatable bonds is 8. The fourth-order valence-electron chi connectivity index (χ4n) is 11.4. The Bertz CT molecular complexity index is 3450. The molecule has 0 heterocycles. The summed E-state index contributed by atoms with van der Waals surface area (Å²) in [5.41, 5.74) is 24.5. The highest BCUT2D eigenvalue weighted by atomic mass is 15.1. The number of para-hydroxylation sites is 1. The molecule has 1 atom stereocenters. The van der Waals surface area contributed by atoms with Crippen molar-refractivity contribution in [2.75, 3.05) is 4.90 Å². The summed E-state index contributed by atoms with van der Waals surface area (Å²) >= 11 is 0. The molecule has 0 aliphatic heterocycles. The average molecular weight is 844 g/mol. The third-order valence-electron chi connectivity index (χ3n) is 14.6. The Morgan fingerprint density at radius 2 is 0.742 bits per heavy atom. The van der Waals surface area contributed by atoms with Gasteiger partial charge < -0.3 is 4.90 Å². The van der Waals surface area contributed by atoms with E-state index in [1.807, 2.05) is 0 Å². The van der Waals surface area contributed by atoms with Crippen LogP contribution in [0.1, 0.15) is 48.6 Å². The molecule has 0 fully saturated rings. The Kier molecular flexibility index (Phi) is 9.36. The number of anilines is 3. The topological polar surface area (TPSA) is 3.24 Å². The minimum absolute atomic E-state index is 0.119. The Morgan fingerprint density at radius 3 is 1.44 bits per heavy atom. The van der Waals surface area contributed by atoms with E-state index in [1.165, 1.54) is 89.0 Å². The van der Waals surface area contributed by atoms with Crippen molar-refractivity contribution >= 4 is 17.1 Å². The van der Waals surface area contributed by atoms with Crippen molar-refractivity contribution < 1.29 is 0 Å². The third kappa shape index (κ3) is 6.15. The van der Waals surface area contributed by atoms with E-state index in [0.29, 0.717) is 0 Å². The monoisotopic (exact) mass is 843 g/mol. The van der Waals surface area contributed by atoms with Crippen LogP contribution in [0.15, 0.2) is 243 Å². The van der Waals surface area contributed by atoms with Crippen LogP contribution >= 0.6 is 0 Å². The molecule has 10 aromatic carbocycles. The highest BCUT2D eigenvalue weighted by Gasteiger charge is 2.41. The first-order chi connectivity index (χ1) is 32.4. The number of nitrogens with zero attached hydrogens (tertiary/aromatic N) is 1. The predicted octanol–water partition coefficient (Wildman–Crippen LogP) is 17.5. The van der Waals surface area contributed by atoms with Crippen LogP contribution in [0.25, 0.3) is 66.8 Å². The third-order valence-corrected chi connectivity index (χ3v) is 14.6. The zero-order valence-electron chi connectivity index (χ0n) is 37.5. The van der Waals surface area contributed by atoms with Crippen molar-refractivity contribution in [3.63, 3.8) is 0 Å². The maximum atomic E-state index is 2.49. The van der Waals surface area contributed by atoms with Gasteiger partial charge in [-0.2, -0.15) is 0 Å². The van der Waals surface area contributed by atoms with E-state index in [-0.39, 0.29) is 10.8 Å². The zero-order valence-corrected chi connectivity index (χ0v) is 37.5. The van der Waals surface area contributed by atoms with Crippen LogP contribution in [0.3, 0.4) is 0 Å². The second-order valence-electron chi connectivity index (χ2n) is 18.5. The highest BCUT2D eigenvalue weighted by molar-refractivity contribution is 5.98. The van der Waals surface area contributed by atoms with Gasteiger partial charge in [0.05, 0.1) is 5.69 Å². The average Bonchev–Trinajstić information content (AvgIpc) is 3.78. The first kappa shape index (κ1) is 39.6. The molecule has 0 aromatic heterocycles. The smallest absolute Gasteiger partial charge is 0.0540 e. The molecule has 0 amide bonds. The van der Waals surface area contributed by atoms with E-state index < -0.39 is 0 Å². The Morgan fingerprint density at radius 1 is 0.288 bits per heavy atom. The summed E-state index contributed by atoms with van der Waals surface area (Å²) in [6.07, 6.45) is 0. The maximum Gasteiger partial charge on any atom is 0.0540 e. The van der Waals surface area contributed by atoms with Gasteiger partial charge in [-0.25, -0.2) is 0 Å². The minimum atomic E-state index is -0.343. The summed E-state index contributed by atoms with van der Waals surface area (Å²) in [6.45, 7) is 7.15. The second-order valence-corrected chi connectivity index (χ2v) is 18.5. The summed E-state index contributed by atoms with van der Waals surface area (Å²) in [4.78, 5) is 2.49. The Labute approximate surface area is 389 Å². The van der Waals surface area contributed by atoms with Gasteiger partial charge in [0.25, 0.3) is 0 Å². The molecule has 2 aliphatic rings. The van der Waals surface area contributed by atoms with Gasteiger partial charge in [0, 0.05) is 27.8 Å². The fraction of sp³-hybridized carbons (Fsp3) is 0.0769. The highest BCUT2D eigenvalue weighted by Crippen LogP contribution is 2.56. The maximum absolute atomic E-state index is 2.49. The molecule has 0 bridgehead atoms. The van der Waals surface area contributed by atoms with Crippen LogP contribution in [0, 0.1) is 0 Å². The molecule has 1 nitrogen and oxygen atoms in total. The molecule has 0 N–H and O–H groups in total. The van der Waals surface area contributed by atoms with Crippen molar-refractivity contribution in [2.24, 2.45) is 0 Å². The van der Waals surface area contributed by atoms with Gasteiger partial charge in [-0.15, -0.1) is 0 Å². The number of hydrogen-bond donors (Lipinski definition) is 0. The van der Waals surface area contributed by atoms with Gasteiger partial charge >= 0.3 is 0 Å². The lowest BCUT2D eigenvalue weighted by atomic mass is 9.74. The van der Waals surface area contributed by atoms with Gasteiger partial charge in [-0.05, 0) is 126 Å². The number of hydrogen-bond acceptors (Lipinski definition) is 1. The normalized spacial score (nSPS) is 15.1. The van der Waals surface area contributed by atoms with Crippen LogP contribution in [-0.4, -0.2) is 0 Å². The summed E-state index contributed by atoms with van der Waals surface area (Å²) in [7, 11) is 0. The molecule has 314 valence electrons. The Hall–Kier alpha value is -8.00.